The van der Waals surface area contributed by atoms with Gasteiger partial charge >= 0.3 is 0 Å². The Hall–Kier alpha value is -1.81. The summed E-state index contributed by atoms with van der Waals surface area (Å²) >= 11 is 0. The first kappa shape index (κ1) is 13.6. The first-order valence-corrected chi connectivity index (χ1v) is 6.63. The van der Waals surface area contributed by atoms with Gasteiger partial charge in [0.15, 0.2) is 0 Å². The van der Waals surface area contributed by atoms with Gasteiger partial charge in [-0.25, -0.2) is 0 Å². The van der Waals surface area contributed by atoms with Gasteiger partial charge in [-0.3, -0.25) is 4.98 Å². The third-order valence-electron chi connectivity index (χ3n) is 3.25. The van der Waals surface area contributed by atoms with E-state index in [2.05, 4.69) is 39.6 Å². The molecule has 2 aromatic heterocycles. The van der Waals surface area contributed by atoms with E-state index in [9.17, 15) is 0 Å². The normalized spacial score (nSPS) is 12.4. The molecule has 0 saturated carbocycles. The Morgan fingerprint density at radius 1 is 1.32 bits per heavy atom. The fraction of sp³-hybridized carbons (Fsp3) is 0.400. The Morgan fingerprint density at radius 3 is 2.79 bits per heavy atom. The lowest BCUT2D eigenvalue weighted by Crippen LogP contribution is -2.21. The molecular formula is C15H20N4. The summed E-state index contributed by atoms with van der Waals surface area (Å²) in [7, 11) is 1.98. The van der Waals surface area contributed by atoms with E-state index in [0.717, 1.165) is 24.2 Å². The molecule has 19 heavy (non-hydrogen) atoms. The molecule has 0 aliphatic carbocycles. The molecule has 100 valence electrons. The third kappa shape index (κ3) is 3.35. The maximum atomic E-state index is 4.30. The highest BCUT2D eigenvalue weighted by Gasteiger charge is 2.15. The minimum atomic E-state index is 0.244. The second-order valence-electron chi connectivity index (χ2n) is 4.65. The highest BCUT2D eigenvalue weighted by Crippen LogP contribution is 2.21. The van der Waals surface area contributed by atoms with Crippen molar-refractivity contribution in [3.63, 3.8) is 0 Å². The molecule has 4 heteroatoms. The number of nitrogens with one attached hydrogen (secondary N) is 1. The second kappa shape index (κ2) is 6.38. The minimum absolute atomic E-state index is 0.244. The maximum Gasteiger partial charge on any atom is 0.0676 e. The molecule has 0 spiro atoms. The van der Waals surface area contributed by atoms with Crippen molar-refractivity contribution in [2.24, 2.45) is 0 Å². The number of aryl methyl sites for hydroxylation is 2. The third-order valence-corrected chi connectivity index (χ3v) is 3.25. The van der Waals surface area contributed by atoms with Crippen molar-refractivity contribution in [2.75, 3.05) is 7.05 Å². The van der Waals surface area contributed by atoms with E-state index < -0.39 is 0 Å². The summed E-state index contributed by atoms with van der Waals surface area (Å²) in [6, 6.07) is 6.44. The van der Waals surface area contributed by atoms with Crippen LogP contribution < -0.4 is 5.32 Å². The summed E-state index contributed by atoms with van der Waals surface area (Å²) in [5.74, 6) is 0. The second-order valence-corrected chi connectivity index (χ2v) is 4.65. The van der Waals surface area contributed by atoms with Crippen LogP contribution in [0.5, 0.6) is 0 Å². The fourth-order valence-electron chi connectivity index (χ4n) is 2.23. The molecule has 1 N–H and O–H groups in total. The number of hydrogen-bond acceptors (Lipinski definition) is 4. The van der Waals surface area contributed by atoms with Gasteiger partial charge in [0.2, 0.25) is 0 Å². The summed E-state index contributed by atoms with van der Waals surface area (Å²) in [5.41, 5.74) is 4.48. The van der Waals surface area contributed by atoms with E-state index in [1.165, 1.54) is 11.1 Å². The molecule has 0 saturated heterocycles. The van der Waals surface area contributed by atoms with E-state index in [0.29, 0.717) is 0 Å². The highest BCUT2D eigenvalue weighted by molar-refractivity contribution is 5.27. The Kier molecular flexibility index (Phi) is 4.58. The first-order valence-electron chi connectivity index (χ1n) is 6.63. The van der Waals surface area contributed by atoms with Crippen molar-refractivity contribution in [1.82, 2.24) is 20.5 Å². The Labute approximate surface area is 114 Å². The molecule has 2 heterocycles. The molecule has 0 radical (unpaired) electrons. The number of aromatic nitrogens is 3. The Bertz CT molecular complexity index is 525. The standard InChI is InChI=1S/C15H20N4/c1-4-14-13(8-11(2)18-19-14)15(16-3)9-12-6-5-7-17-10-12/h5-8,10,15-16H,4,9H2,1-3H3. The van der Waals surface area contributed by atoms with Crippen LogP contribution in [0.2, 0.25) is 0 Å². The van der Waals surface area contributed by atoms with Crippen molar-refractivity contribution in [1.29, 1.82) is 0 Å². The molecule has 0 fully saturated rings. The van der Waals surface area contributed by atoms with Gasteiger partial charge in [0.1, 0.15) is 0 Å². The highest BCUT2D eigenvalue weighted by atomic mass is 15.1. The molecule has 0 aliphatic heterocycles. The topological polar surface area (TPSA) is 50.7 Å². The van der Waals surface area contributed by atoms with Gasteiger partial charge in [-0.2, -0.15) is 10.2 Å². The van der Waals surface area contributed by atoms with E-state index >= 15 is 0 Å². The van der Waals surface area contributed by atoms with Crippen LogP contribution in [0, 0.1) is 6.92 Å². The minimum Gasteiger partial charge on any atom is -0.313 e. The van der Waals surface area contributed by atoms with E-state index in [-0.39, 0.29) is 6.04 Å². The number of likely N-dealkylation sites (N-methyl/N-ethyl adjacent to an activating group) is 1. The Balaban J connectivity index is 2.29. The monoisotopic (exact) mass is 256 g/mol. The molecule has 4 nitrogen and oxygen atoms in total. The van der Waals surface area contributed by atoms with Crippen molar-refractivity contribution >= 4 is 0 Å². The molecule has 2 rings (SSSR count). The van der Waals surface area contributed by atoms with E-state index in [1.54, 1.807) is 6.20 Å². The van der Waals surface area contributed by atoms with Gasteiger partial charge < -0.3 is 5.32 Å². The Morgan fingerprint density at radius 2 is 2.16 bits per heavy atom. The molecule has 0 aromatic carbocycles. The largest absolute Gasteiger partial charge is 0.313 e. The number of hydrogen-bond donors (Lipinski definition) is 1. The lowest BCUT2D eigenvalue weighted by Gasteiger charge is -2.19. The van der Waals surface area contributed by atoms with Gasteiger partial charge in [0.25, 0.3) is 0 Å². The van der Waals surface area contributed by atoms with Crippen molar-refractivity contribution in [3.05, 3.63) is 53.1 Å². The number of pyridine rings is 1. The van der Waals surface area contributed by atoms with Crippen LogP contribution in [0.4, 0.5) is 0 Å². The number of rotatable bonds is 5. The summed E-state index contributed by atoms with van der Waals surface area (Å²) < 4.78 is 0. The molecule has 1 unspecified atom stereocenters. The molecule has 1 atom stereocenters. The average molecular weight is 256 g/mol. The van der Waals surface area contributed by atoms with Crippen molar-refractivity contribution in [2.45, 2.75) is 32.7 Å². The van der Waals surface area contributed by atoms with E-state index in [4.69, 9.17) is 0 Å². The van der Waals surface area contributed by atoms with Gasteiger partial charge in [0.05, 0.1) is 11.4 Å². The molecule has 2 aromatic rings. The SMILES string of the molecule is CCc1nnc(C)cc1C(Cc1cccnc1)NC. The van der Waals surface area contributed by atoms with Gasteiger partial charge in [0, 0.05) is 18.4 Å². The van der Waals surface area contributed by atoms with Crippen LogP contribution in [0.25, 0.3) is 0 Å². The van der Waals surface area contributed by atoms with Crippen LogP contribution in [0.1, 0.15) is 35.5 Å². The summed E-state index contributed by atoms with van der Waals surface area (Å²) in [6.45, 7) is 4.09. The quantitative estimate of drug-likeness (QED) is 0.891. The van der Waals surface area contributed by atoms with E-state index in [1.807, 2.05) is 26.2 Å². The zero-order chi connectivity index (χ0) is 13.7. The molecule has 0 aliphatic rings. The van der Waals surface area contributed by atoms with Crippen LogP contribution in [0.3, 0.4) is 0 Å². The fourth-order valence-corrected chi connectivity index (χ4v) is 2.23. The zero-order valence-electron chi connectivity index (χ0n) is 11.7. The van der Waals surface area contributed by atoms with Crippen LogP contribution >= 0.6 is 0 Å². The van der Waals surface area contributed by atoms with Crippen molar-refractivity contribution < 1.29 is 0 Å². The smallest absolute Gasteiger partial charge is 0.0676 e. The molecule has 0 amide bonds. The lowest BCUT2D eigenvalue weighted by atomic mass is 9.97. The van der Waals surface area contributed by atoms with Crippen LogP contribution in [-0.4, -0.2) is 22.2 Å². The predicted molar refractivity (Wildman–Crippen MR) is 75.9 cm³/mol. The average Bonchev–Trinajstić information content (AvgIpc) is 2.46. The summed E-state index contributed by atoms with van der Waals surface area (Å²) in [6.07, 6.45) is 5.52. The predicted octanol–water partition coefficient (Wildman–Crippen LogP) is 2.25. The van der Waals surface area contributed by atoms with Crippen LogP contribution in [-0.2, 0) is 12.8 Å². The lowest BCUT2D eigenvalue weighted by molar-refractivity contribution is 0.578. The molecular weight excluding hydrogens is 236 g/mol. The number of nitrogens with zero attached hydrogens (tertiary/aromatic N) is 3. The van der Waals surface area contributed by atoms with Gasteiger partial charge in [-0.05, 0) is 50.1 Å². The zero-order valence-corrected chi connectivity index (χ0v) is 11.7. The molecule has 0 bridgehead atoms. The maximum absolute atomic E-state index is 4.30. The summed E-state index contributed by atoms with van der Waals surface area (Å²) in [4.78, 5) is 4.17. The van der Waals surface area contributed by atoms with Crippen LogP contribution in [0.15, 0.2) is 30.6 Å². The van der Waals surface area contributed by atoms with Gasteiger partial charge in [-0.15, -0.1) is 0 Å². The first-order chi connectivity index (χ1) is 9.24. The van der Waals surface area contributed by atoms with Gasteiger partial charge in [-0.1, -0.05) is 13.0 Å². The van der Waals surface area contributed by atoms with Crippen molar-refractivity contribution in [3.8, 4) is 0 Å². The summed E-state index contributed by atoms with van der Waals surface area (Å²) in [5, 5.41) is 11.8.